The molecule has 3 rings (SSSR count). The monoisotopic (exact) mass is 344 g/mol. The summed E-state index contributed by atoms with van der Waals surface area (Å²) in [6, 6.07) is 4.77. The van der Waals surface area contributed by atoms with Gasteiger partial charge in [-0.15, -0.1) is 10.2 Å². The molecule has 0 saturated carbocycles. The number of rotatable bonds is 5. The molecule has 1 fully saturated rings. The van der Waals surface area contributed by atoms with E-state index in [0.29, 0.717) is 38.3 Å². The summed E-state index contributed by atoms with van der Waals surface area (Å²) in [5, 5.41) is 18.7. The number of nitrogens with zero attached hydrogens (tertiary/aromatic N) is 6. The molecular formula is C16H20N6O3. The standard InChI is InChI=1S/C16H20N6O3/c1-2-3-16(23)20-8-6-19(7-9-20)14-5-4-13(22(24)25)10-15(14)21-11-17-18-12-21/h4-5,10-12H,2-3,6-9H2,1H3. The smallest absolute Gasteiger partial charge is 0.271 e. The second-order valence-electron chi connectivity index (χ2n) is 5.92. The molecule has 0 unspecified atom stereocenters. The van der Waals surface area contributed by atoms with Crippen LogP contribution >= 0.6 is 0 Å². The van der Waals surface area contributed by atoms with Gasteiger partial charge in [-0.05, 0) is 12.5 Å². The second kappa shape index (κ2) is 7.29. The molecule has 0 atom stereocenters. The van der Waals surface area contributed by atoms with Gasteiger partial charge < -0.3 is 9.80 Å². The first-order valence-electron chi connectivity index (χ1n) is 8.26. The molecule has 1 saturated heterocycles. The molecular weight excluding hydrogens is 324 g/mol. The normalized spacial score (nSPS) is 14.6. The fourth-order valence-corrected chi connectivity index (χ4v) is 2.99. The number of carbonyl (C=O) groups excluding carboxylic acids is 1. The minimum Gasteiger partial charge on any atom is -0.366 e. The Morgan fingerprint density at radius 3 is 2.44 bits per heavy atom. The third kappa shape index (κ3) is 3.59. The zero-order chi connectivity index (χ0) is 17.8. The van der Waals surface area contributed by atoms with Crippen LogP contribution in [-0.2, 0) is 4.79 Å². The Labute approximate surface area is 145 Å². The predicted octanol–water partition coefficient (Wildman–Crippen LogP) is 1.62. The van der Waals surface area contributed by atoms with Crippen molar-refractivity contribution >= 4 is 17.3 Å². The predicted molar refractivity (Wildman–Crippen MR) is 91.7 cm³/mol. The fourth-order valence-electron chi connectivity index (χ4n) is 2.99. The molecule has 2 heterocycles. The molecule has 1 aromatic carbocycles. The van der Waals surface area contributed by atoms with Crippen LogP contribution in [0.15, 0.2) is 30.9 Å². The largest absolute Gasteiger partial charge is 0.366 e. The van der Waals surface area contributed by atoms with Crippen LogP contribution in [0.1, 0.15) is 19.8 Å². The highest BCUT2D eigenvalue weighted by atomic mass is 16.6. The molecule has 9 nitrogen and oxygen atoms in total. The molecule has 1 aliphatic rings. The van der Waals surface area contributed by atoms with Crippen molar-refractivity contribution < 1.29 is 9.72 Å². The number of nitro groups is 1. The van der Waals surface area contributed by atoms with Gasteiger partial charge in [0.2, 0.25) is 5.91 Å². The summed E-state index contributed by atoms with van der Waals surface area (Å²) in [6.07, 6.45) is 4.45. The van der Waals surface area contributed by atoms with E-state index in [-0.39, 0.29) is 11.6 Å². The Kier molecular flexibility index (Phi) is 4.92. The molecule has 1 amide bonds. The van der Waals surface area contributed by atoms with E-state index in [0.717, 1.165) is 12.1 Å². The molecule has 1 aromatic heterocycles. The molecule has 0 N–H and O–H groups in total. The lowest BCUT2D eigenvalue weighted by atomic mass is 10.2. The van der Waals surface area contributed by atoms with Crippen molar-refractivity contribution in [2.45, 2.75) is 19.8 Å². The van der Waals surface area contributed by atoms with E-state index in [4.69, 9.17) is 0 Å². The first-order chi connectivity index (χ1) is 12.1. The van der Waals surface area contributed by atoms with Gasteiger partial charge in [-0.3, -0.25) is 19.5 Å². The number of benzene rings is 1. The highest BCUT2D eigenvalue weighted by Gasteiger charge is 2.23. The minimum atomic E-state index is -0.418. The molecule has 1 aliphatic heterocycles. The van der Waals surface area contributed by atoms with Crippen LogP contribution in [0.2, 0.25) is 0 Å². The van der Waals surface area contributed by atoms with Crippen molar-refractivity contribution in [2.75, 3.05) is 31.1 Å². The quantitative estimate of drug-likeness (QED) is 0.604. The van der Waals surface area contributed by atoms with Gasteiger partial charge >= 0.3 is 0 Å². The summed E-state index contributed by atoms with van der Waals surface area (Å²) >= 11 is 0. The average Bonchev–Trinajstić information content (AvgIpc) is 3.16. The van der Waals surface area contributed by atoms with Crippen molar-refractivity contribution in [1.29, 1.82) is 0 Å². The maximum absolute atomic E-state index is 12.0. The maximum Gasteiger partial charge on any atom is 0.271 e. The van der Waals surface area contributed by atoms with Crippen molar-refractivity contribution in [3.63, 3.8) is 0 Å². The van der Waals surface area contributed by atoms with Gasteiger partial charge in [-0.1, -0.05) is 6.92 Å². The maximum atomic E-state index is 12.0. The van der Waals surface area contributed by atoms with Crippen molar-refractivity contribution in [1.82, 2.24) is 19.7 Å². The summed E-state index contributed by atoms with van der Waals surface area (Å²) in [6.45, 7) is 4.66. The first-order valence-corrected chi connectivity index (χ1v) is 8.26. The summed E-state index contributed by atoms with van der Waals surface area (Å²) in [5.74, 6) is 0.185. The Morgan fingerprint density at radius 2 is 1.84 bits per heavy atom. The van der Waals surface area contributed by atoms with E-state index in [1.54, 1.807) is 10.6 Å². The Balaban J connectivity index is 1.83. The second-order valence-corrected chi connectivity index (χ2v) is 5.92. The summed E-state index contributed by atoms with van der Waals surface area (Å²) in [5.41, 5.74) is 1.55. The summed E-state index contributed by atoms with van der Waals surface area (Å²) < 4.78 is 1.66. The molecule has 9 heteroatoms. The van der Waals surface area contributed by atoms with Crippen molar-refractivity contribution in [2.24, 2.45) is 0 Å². The van der Waals surface area contributed by atoms with E-state index < -0.39 is 4.92 Å². The SMILES string of the molecule is CCCC(=O)N1CCN(c2ccc([N+](=O)[O-])cc2-n2cnnc2)CC1. The van der Waals surface area contributed by atoms with E-state index in [9.17, 15) is 14.9 Å². The number of hydrogen-bond donors (Lipinski definition) is 0. The molecule has 0 radical (unpaired) electrons. The van der Waals surface area contributed by atoms with Gasteiger partial charge in [-0.2, -0.15) is 0 Å². The van der Waals surface area contributed by atoms with Crippen LogP contribution in [0, 0.1) is 10.1 Å². The van der Waals surface area contributed by atoms with Crippen LogP contribution < -0.4 is 4.90 Å². The number of aromatic nitrogens is 3. The number of non-ortho nitro benzene ring substituents is 1. The number of amides is 1. The van der Waals surface area contributed by atoms with Crippen molar-refractivity contribution in [3.8, 4) is 5.69 Å². The summed E-state index contributed by atoms with van der Waals surface area (Å²) in [7, 11) is 0. The third-order valence-electron chi connectivity index (χ3n) is 4.30. The third-order valence-corrected chi connectivity index (χ3v) is 4.30. The van der Waals surface area contributed by atoms with Crippen LogP contribution in [-0.4, -0.2) is 56.7 Å². The number of anilines is 1. The van der Waals surface area contributed by atoms with Gasteiger partial charge in [0, 0.05) is 44.7 Å². The Bertz CT molecular complexity index is 753. The van der Waals surface area contributed by atoms with Gasteiger partial charge in [0.15, 0.2) is 0 Å². The fraction of sp³-hybridized carbons (Fsp3) is 0.438. The van der Waals surface area contributed by atoms with Crippen LogP contribution in [0.5, 0.6) is 0 Å². The number of piperazine rings is 1. The van der Waals surface area contributed by atoms with Crippen molar-refractivity contribution in [3.05, 3.63) is 41.0 Å². The lowest BCUT2D eigenvalue weighted by Gasteiger charge is -2.37. The molecule has 0 aliphatic carbocycles. The van der Waals surface area contributed by atoms with Gasteiger partial charge in [0.25, 0.3) is 5.69 Å². The van der Waals surface area contributed by atoms with E-state index in [1.165, 1.54) is 24.8 Å². The van der Waals surface area contributed by atoms with Crippen LogP contribution in [0.3, 0.4) is 0 Å². The molecule has 25 heavy (non-hydrogen) atoms. The van der Waals surface area contributed by atoms with E-state index >= 15 is 0 Å². The molecule has 132 valence electrons. The van der Waals surface area contributed by atoms with Gasteiger partial charge in [0.1, 0.15) is 12.7 Å². The number of carbonyl (C=O) groups is 1. The Morgan fingerprint density at radius 1 is 1.16 bits per heavy atom. The molecule has 0 spiro atoms. The summed E-state index contributed by atoms with van der Waals surface area (Å²) in [4.78, 5) is 26.7. The van der Waals surface area contributed by atoms with Crippen LogP contribution in [0.25, 0.3) is 5.69 Å². The van der Waals surface area contributed by atoms with E-state index in [1.807, 2.05) is 11.8 Å². The lowest BCUT2D eigenvalue weighted by molar-refractivity contribution is -0.384. The topological polar surface area (TPSA) is 97.4 Å². The first kappa shape index (κ1) is 16.9. The average molecular weight is 344 g/mol. The van der Waals surface area contributed by atoms with Gasteiger partial charge in [-0.25, -0.2) is 0 Å². The molecule has 2 aromatic rings. The highest BCUT2D eigenvalue weighted by molar-refractivity contribution is 5.76. The Hall–Kier alpha value is -2.97. The van der Waals surface area contributed by atoms with Crippen LogP contribution in [0.4, 0.5) is 11.4 Å². The van der Waals surface area contributed by atoms with Gasteiger partial charge in [0.05, 0.1) is 16.3 Å². The lowest BCUT2D eigenvalue weighted by Crippen LogP contribution is -2.49. The minimum absolute atomic E-state index is 0.0178. The number of hydrogen-bond acceptors (Lipinski definition) is 6. The number of nitro benzene ring substituents is 1. The zero-order valence-corrected chi connectivity index (χ0v) is 14.0. The molecule has 0 bridgehead atoms. The highest BCUT2D eigenvalue weighted by Crippen LogP contribution is 2.29. The van der Waals surface area contributed by atoms with E-state index in [2.05, 4.69) is 15.1 Å². The zero-order valence-electron chi connectivity index (χ0n) is 14.0.